The van der Waals surface area contributed by atoms with E-state index in [1.807, 2.05) is 29.2 Å². The fourth-order valence-electron chi connectivity index (χ4n) is 4.05. The van der Waals surface area contributed by atoms with E-state index in [0.29, 0.717) is 29.5 Å². The SMILES string of the molecule is Cl.Cl.O=C(CCc1ncc(-c2ccccc2Cl)o1)N1CC[C@@H]2CNC[C@@H]2CC1. The Kier molecular flexibility index (Phi) is 8.62. The van der Waals surface area contributed by atoms with Crippen LogP contribution in [-0.2, 0) is 11.2 Å². The van der Waals surface area contributed by atoms with Crippen molar-refractivity contribution in [1.29, 1.82) is 0 Å². The summed E-state index contributed by atoms with van der Waals surface area (Å²) in [5.74, 6) is 2.91. The molecule has 0 saturated carbocycles. The number of hydrogen-bond donors (Lipinski definition) is 1. The normalized spacial score (nSPS) is 21.2. The first-order chi connectivity index (χ1) is 12.7. The highest BCUT2D eigenvalue weighted by atomic mass is 35.5. The first-order valence-corrected chi connectivity index (χ1v) is 9.76. The average Bonchev–Trinajstić information content (AvgIpc) is 3.26. The number of amides is 1. The minimum atomic E-state index is 0. The number of carbonyl (C=O) groups is 1. The smallest absolute Gasteiger partial charge is 0.223 e. The highest BCUT2D eigenvalue weighted by Gasteiger charge is 2.31. The van der Waals surface area contributed by atoms with E-state index < -0.39 is 0 Å². The summed E-state index contributed by atoms with van der Waals surface area (Å²) in [4.78, 5) is 18.9. The average molecular weight is 447 g/mol. The second-order valence-electron chi connectivity index (χ2n) is 7.23. The number of rotatable bonds is 4. The molecular weight excluding hydrogens is 421 g/mol. The molecule has 0 unspecified atom stereocenters. The summed E-state index contributed by atoms with van der Waals surface area (Å²) in [5.41, 5.74) is 0.826. The molecule has 3 heterocycles. The maximum atomic E-state index is 12.6. The molecule has 1 aromatic heterocycles. The molecule has 28 heavy (non-hydrogen) atoms. The number of aromatic nitrogens is 1. The van der Waals surface area contributed by atoms with Crippen molar-refractivity contribution in [3.8, 4) is 11.3 Å². The minimum Gasteiger partial charge on any atom is -0.441 e. The zero-order valence-corrected chi connectivity index (χ0v) is 18.0. The standard InChI is InChI=1S/C20H24ClN3O2.2ClH/c21-17-4-2-1-3-16(17)18-13-23-19(26-18)5-6-20(25)24-9-7-14-11-22-12-15(14)8-10-24;;/h1-4,13-15,22H,5-12H2;2*1H/t14-,15+;;. The van der Waals surface area contributed by atoms with E-state index in [4.69, 9.17) is 16.0 Å². The number of nitrogens with zero attached hydrogens (tertiary/aromatic N) is 2. The molecule has 0 spiro atoms. The molecule has 8 heteroatoms. The Morgan fingerprint density at radius 1 is 1.18 bits per heavy atom. The lowest BCUT2D eigenvalue weighted by molar-refractivity contribution is -0.131. The monoisotopic (exact) mass is 445 g/mol. The van der Waals surface area contributed by atoms with Gasteiger partial charge in [-0.2, -0.15) is 0 Å². The number of halogens is 3. The Morgan fingerprint density at radius 3 is 2.54 bits per heavy atom. The van der Waals surface area contributed by atoms with Crippen molar-refractivity contribution in [2.45, 2.75) is 25.7 Å². The number of fused-ring (bicyclic) bond motifs is 1. The predicted octanol–water partition coefficient (Wildman–Crippen LogP) is 4.23. The zero-order valence-electron chi connectivity index (χ0n) is 15.6. The molecule has 0 aliphatic carbocycles. The molecule has 2 aliphatic heterocycles. The first kappa shape index (κ1) is 23.0. The second-order valence-corrected chi connectivity index (χ2v) is 7.64. The van der Waals surface area contributed by atoms with E-state index in [-0.39, 0.29) is 30.7 Å². The van der Waals surface area contributed by atoms with Crippen molar-refractivity contribution >= 4 is 42.3 Å². The van der Waals surface area contributed by atoms with E-state index in [9.17, 15) is 4.79 Å². The first-order valence-electron chi connectivity index (χ1n) is 9.39. The third-order valence-electron chi connectivity index (χ3n) is 5.62. The summed E-state index contributed by atoms with van der Waals surface area (Å²) in [6, 6.07) is 7.53. The lowest BCUT2D eigenvalue weighted by atomic mass is 9.92. The fraction of sp³-hybridized carbons (Fsp3) is 0.500. The number of aryl methyl sites for hydroxylation is 1. The molecule has 4 rings (SSSR count). The van der Waals surface area contributed by atoms with Gasteiger partial charge < -0.3 is 14.6 Å². The highest BCUT2D eigenvalue weighted by Crippen LogP contribution is 2.29. The van der Waals surface area contributed by atoms with Crippen LogP contribution in [0.15, 0.2) is 34.9 Å². The van der Waals surface area contributed by atoms with Crippen LogP contribution in [0.4, 0.5) is 0 Å². The molecule has 0 radical (unpaired) electrons. The molecule has 1 amide bonds. The lowest BCUT2D eigenvalue weighted by Crippen LogP contribution is -2.32. The second kappa shape index (κ2) is 10.5. The van der Waals surface area contributed by atoms with Crippen molar-refractivity contribution in [2.24, 2.45) is 11.8 Å². The molecule has 2 saturated heterocycles. The van der Waals surface area contributed by atoms with E-state index in [1.165, 1.54) is 0 Å². The Bertz CT molecular complexity index is 770. The fourth-order valence-corrected chi connectivity index (χ4v) is 4.28. The Morgan fingerprint density at radius 2 is 1.86 bits per heavy atom. The lowest BCUT2D eigenvalue weighted by Gasteiger charge is -2.20. The summed E-state index contributed by atoms with van der Waals surface area (Å²) in [5, 5.41) is 4.10. The van der Waals surface area contributed by atoms with Crippen LogP contribution in [0, 0.1) is 11.8 Å². The maximum Gasteiger partial charge on any atom is 0.223 e. The third-order valence-corrected chi connectivity index (χ3v) is 5.95. The van der Waals surface area contributed by atoms with E-state index in [0.717, 1.165) is 56.4 Å². The molecule has 2 atom stereocenters. The summed E-state index contributed by atoms with van der Waals surface area (Å²) in [6.07, 6.45) is 4.86. The number of likely N-dealkylation sites (tertiary alicyclic amines) is 1. The van der Waals surface area contributed by atoms with Crippen LogP contribution in [0.25, 0.3) is 11.3 Å². The number of benzene rings is 1. The van der Waals surface area contributed by atoms with Gasteiger partial charge in [-0.25, -0.2) is 4.98 Å². The molecule has 0 bridgehead atoms. The van der Waals surface area contributed by atoms with Crippen molar-refractivity contribution in [3.63, 3.8) is 0 Å². The van der Waals surface area contributed by atoms with Gasteiger partial charge in [-0.1, -0.05) is 23.7 Å². The quantitative estimate of drug-likeness (QED) is 0.763. The van der Waals surface area contributed by atoms with Gasteiger partial charge in [-0.15, -0.1) is 24.8 Å². The van der Waals surface area contributed by atoms with Gasteiger partial charge in [0.05, 0.1) is 11.2 Å². The zero-order chi connectivity index (χ0) is 17.9. The number of hydrogen-bond acceptors (Lipinski definition) is 4. The van der Waals surface area contributed by atoms with Gasteiger partial charge in [0.1, 0.15) is 0 Å². The van der Waals surface area contributed by atoms with Crippen molar-refractivity contribution in [1.82, 2.24) is 15.2 Å². The predicted molar refractivity (Wildman–Crippen MR) is 115 cm³/mol. The summed E-state index contributed by atoms with van der Waals surface area (Å²) in [6.45, 7) is 3.96. The summed E-state index contributed by atoms with van der Waals surface area (Å²) < 4.78 is 5.80. The summed E-state index contributed by atoms with van der Waals surface area (Å²) in [7, 11) is 0. The molecule has 2 aliphatic rings. The largest absolute Gasteiger partial charge is 0.441 e. The van der Waals surface area contributed by atoms with Gasteiger partial charge in [0, 0.05) is 31.5 Å². The van der Waals surface area contributed by atoms with Crippen LogP contribution >= 0.6 is 36.4 Å². The van der Waals surface area contributed by atoms with Gasteiger partial charge in [-0.3, -0.25) is 4.79 Å². The minimum absolute atomic E-state index is 0. The van der Waals surface area contributed by atoms with Crippen LogP contribution < -0.4 is 5.32 Å². The van der Waals surface area contributed by atoms with Gasteiger partial charge in [0.15, 0.2) is 11.7 Å². The number of carbonyl (C=O) groups excluding carboxylic acids is 1. The van der Waals surface area contributed by atoms with Crippen LogP contribution in [0.3, 0.4) is 0 Å². The van der Waals surface area contributed by atoms with Gasteiger partial charge in [0.2, 0.25) is 5.91 Å². The summed E-state index contributed by atoms with van der Waals surface area (Å²) >= 11 is 6.20. The molecule has 5 nitrogen and oxygen atoms in total. The van der Waals surface area contributed by atoms with E-state index >= 15 is 0 Å². The highest BCUT2D eigenvalue weighted by molar-refractivity contribution is 6.33. The molecule has 1 aromatic carbocycles. The van der Waals surface area contributed by atoms with Crippen LogP contribution in [0.5, 0.6) is 0 Å². The van der Waals surface area contributed by atoms with Crippen LogP contribution in [-0.4, -0.2) is 42.0 Å². The molecule has 2 aromatic rings. The third kappa shape index (κ3) is 5.20. The number of nitrogens with one attached hydrogen (secondary N) is 1. The topological polar surface area (TPSA) is 58.4 Å². The Labute approximate surface area is 183 Å². The Hall–Kier alpha value is -1.27. The van der Waals surface area contributed by atoms with Crippen LogP contribution in [0.1, 0.15) is 25.2 Å². The number of oxazole rings is 1. The van der Waals surface area contributed by atoms with Gasteiger partial charge in [-0.05, 0) is 49.9 Å². The van der Waals surface area contributed by atoms with Crippen molar-refractivity contribution in [3.05, 3.63) is 41.4 Å². The molecule has 2 fully saturated rings. The van der Waals surface area contributed by atoms with E-state index in [1.54, 1.807) is 6.20 Å². The molecule has 1 N–H and O–H groups in total. The maximum absolute atomic E-state index is 12.6. The van der Waals surface area contributed by atoms with Gasteiger partial charge >= 0.3 is 0 Å². The van der Waals surface area contributed by atoms with Gasteiger partial charge in [0.25, 0.3) is 0 Å². The van der Waals surface area contributed by atoms with E-state index in [2.05, 4.69) is 10.3 Å². The van der Waals surface area contributed by atoms with Crippen molar-refractivity contribution < 1.29 is 9.21 Å². The van der Waals surface area contributed by atoms with Crippen LogP contribution in [0.2, 0.25) is 5.02 Å². The molecular formula is C20H26Cl3N3O2. The Balaban J connectivity index is 0.00000140. The van der Waals surface area contributed by atoms with Crippen molar-refractivity contribution in [2.75, 3.05) is 26.2 Å². The molecule has 154 valence electrons.